The van der Waals surface area contributed by atoms with Gasteiger partial charge >= 0.3 is 0 Å². The Morgan fingerprint density at radius 3 is 3.15 bits per heavy atom. The van der Waals surface area contributed by atoms with Crippen LogP contribution in [0.4, 0.5) is 0 Å². The molecule has 1 atom stereocenters. The molecule has 2 rings (SSSR count). The minimum atomic E-state index is 0.113. The molecular formula is C10H13NO2. The number of phenols is 1. The van der Waals surface area contributed by atoms with E-state index in [1.807, 2.05) is 12.1 Å². The summed E-state index contributed by atoms with van der Waals surface area (Å²) in [5, 5.41) is 12.4. The second-order valence-electron chi connectivity index (χ2n) is 3.19. The van der Waals surface area contributed by atoms with Crippen LogP contribution in [0.25, 0.3) is 0 Å². The lowest BCUT2D eigenvalue weighted by molar-refractivity contribution is 0.102. The molecule has 1 aliphatic heterocycles. The zero-order chi connectivity index (χ0) is 9.10. The summed E-state index contributed by atoms with van der Waals surface area (Å²) < 4.78 is 5.40. The molecule has 3 heteroatoms. The molecule has 1 fully saturated rings. The third-order valence-corrected chi connectivity index (χ3v) is 2.12. The topological polar surface area (TPSA) is 41.5 Å². The van der Waals surface area contributed by atoms with Crippen molar-refractivity contribution in [1.82, 2.24) is 5.32 Å². The second kappa shape index (κ2) is 3.77. The van der Waals surface area contributed by atoms with Crippen LogP contribution in [0.15, 0.2) is 24.3 Å². The Kier molecular flexibility index (Phi) is 2.47. The lowest BCUT2D eigenvalue weighted by atomic mass is 10.1. The molecule has 1 aliphatic rings. The summed E-state index contributed by atoms with van der Waals surface area (Å²) in [6, 6.07) is 7.28. The second-order valence-corrected chi connectivity index (χ2v) is 3.19. The smallest absolute Gasteiger partial charge is 0.115 e. The van der Waals surface area contributed by atoms with Gasteiger partial charge in [-0.1, -0.05) is 12.1 Å². The van der Waals surface area contributed by atoms with Crippen LogP contribution in [0.5, 0.6) is 5.75 Å². The summed E-state index contributed by atoms with van der Waals surface area (Å²) in [5.74, 6) is 0.315. The normalized spacial score (nSPS) is 22.0. The molecule has 0 aromatic heterocycles. The lowest BCUT2D eigenvalue weighted by Crippen LogP contribution is -2.24. The Morgan fingerprint density at radius 2 is 2.46 bits per heavy atom. The van der Waals surface area contributed by atoms with Gasteiger partial charge in [0.25, 0.3) is 0 Å². The molecule has 1 unspecified atom stereocenters. The third-order valence-electron chi connectivity index (χ3n) is 2.12. The Labute approximate surface area is 77.3 Å². The van der Waals surface area contributed by atoms with Gasteiger partial charge in [0.15, 0.2) is 0 Å². The van der Waals surface area contributed by atoms with Gasteiger partial charge in [0, 0.05) is 13.0 Å². The molecule has 2 N–H and O–H groups in total. The predicted octanol–water partition coefficient (Wildman–Crippen LogP) is 0.881. The van der Waals surface area contributed by atoms with Gasteiger partial charge < -0.3 is 9.84 Å². The molecule has 0 spiro atoms. The number of rotatable bonds is 2. The monoisotopic (exact) mass is 179 g/mol. The highest BCUT2D eigenvalue weighted by Gasteiger charge is 2.14. The van der Waals surface area contributed by atoms with Gasteiger partial charge in [-0.2, -0.15) is 0 Å². The molecular weight excluding hydrogens is 166 g/mol. The number of nitrogens with one attached hydrogen (secondary N) is 1. The van der Waals surface area contributed by atoms with Crippen molar-refractivity contribution >= 4 is 0 Å². The number of hydrogen-bond acceptors (Lipinski definition) is 3. The quantitative estimate of drug-likeness (QED) is 0.708. The SMILES string of the molecule is Oc1cccc(CC2NCCO2)c1. The fourth-order valence-corrected chi connectivity index (χ4v) is 1.51. The molecule has 1 aromatic carbocycles. The highest BCUT2D eigenvalue weighted by Crippen LogP contribution is 2.13. The van der Waals surface area contributed by atoms with E-state index in [0.717, 1.165) is 25.1 Å². The van der Waals surface area contributed by atoms with Crippen LogP contribution in [-0.2, 0) is 11.2 Å². The van der Waals surface area contributed by atoms with Crippen molar-refractivity contribution in [1.29, 1.82) is 0 Å². The maximum atomic E-state index is 9.23. The Morgan fingerprint density at radius 1 is 1.54 bits per heavy atom. The molecule has 70 valence electrons. The first kappa shape index (κ1) is 8.53. The molecule has 0 radical (unpaired) electrons. The first-order valence-electron chi connectivity index (χ1n) is 4.47. The highest BCUT2D eigenvalue weighted by atomic mass is 16.5. The van der Waals surface area contributed by atoms with Crippen LogP contribution < -0.4 is 5.32 Å². The fraction of sp³-hybridized carbons (Fsp3) is 0.400. The van der Waals surface area contributed by atoms with Crippen molar-refractivity contribution in [2.24, 2.45) is 0 Å². The van der Waals surface area contributed by atoms with Crippen molar-refractivity contribution in [2.75, 3.05) is 13.2 Å². The van der Waals surface area contributed by atoms with Gasteiger partial charge in [0.05, 0.1) is 6.61 Å². The van der Waals surface area contributed by atoms with Crippen molar-refractivity contribution in [3.8, 4) is 5.75 Å². The van der Waals surface area contributed by atoms with Gasteiger partial charge in [0.1, 0.15) is 12.0 Å². The Hall–Kier alpha value is -1.06. The van der Waals surface area contributed by atoms with E-state index in [1.165, 1.54) is 0 Å². The van der Waals surface area contributed by atoms with Crippen molar-refractivity contribution in [3.63, 3.8) is 0 Å². The van der Waals surface area contributed by atoms with E-state index in [0.29, 0.717) is 5.75 Å². The van der Waals surface area contributed by atoms with E-state index in [-0.39, 0.29) is 6.23 Å². The van der Waals surface area contributed by atoms with Crippen molar-refractivity contribution in [2.45, 2.75) is 12.6 Å². The molecule has 0 aliphatic carbocycles. The minimum absolute atomic E-state index is 0.113. The van der Waals surface area contributed by atoms with Crippen LogP contribution in [-0.4, -0.2) is 24.5 Å². The molecule has 0 amide bonds. The highest BCUT2D eigenvalue weighted by molar-refractivity contribution is 5.27. The minimum Gasteiger partial charge on any atom is -0.508 e. The number of benzene rings is 1. The van der Waals surface area contributed by atoms with Crippen LogP contribution in [0, 0.1) is 0 Å². The van der Waals surface area contributed by atoms with E-state index >= 15 is 0 Å². The summed E-state index contributed by atoms with van der Waals surface area (Å²) in [7, 11) is 0. The zero-order valence-corrected chi connectivity index (χ0v) is 7.36. The van der Waals surface area contributed by atoms with Crippen molar-refractivity contribution in [3.05, 3.63) is 29.8 Å². The largest absolute Gasteiger partial charge is 0.508 e. The summed E-state index contributed by atoms with van der Waals surface area (Å²) in [4.78, 5) is 0. The predicted molar refractivity (Wildman–Crippen MR) is 49.6 cm³/mol. The Balaban J connectivity index is 2.00. The van der Waals surface area contributed by atoms with Crippen LogP contribution in [0.3, 0.4) is 0 Å². The van der Waals surface area contributed by atoms with E-state index in [9.17, 15) is 5.11 Å². The summed E-state index contributed by atoms with van der Waals surface area (Å²) in [6.07, 6.45) is 0.927. The standard InChI is InChI=1S/C10H13NO2/c12-9-3-1-2-8(6-9)7-10-11-4-5-13-10/h1-3,6,10-12H,4-5,7H2. The third kappa shape index (κ3) is 2.20. The fourth-order valence-electron chi connectivity index (χ4n) is 1.51. The first-order valence-corrected chi connectivity index (χ1v) is 4.47. The van der Waals surface area contributed by atoms with Gasteiger partial charge in [-0.15, -0.1) is 0 Å². The molecule has 1 aromatic rings. The maximum Gasteiger partial charge on any atom is 0.115 e. The van der Waals surface area contributed by atoms with Crippen LogP contribution >= 0.6 is 0 Å². The number of hydrogen-bond donors (Lipinski definition) is 2. The van der Waals surface area contributed by atoms with E-state index in [2.05, 4.69) is 5.32 Å². The maximum absolute atomic E-state index is 9.23. The van der Waals surface area contributed by atoms with Crippen LogP contribution in [0.1, 0.15) is 5.56 Å². The summed E-state index contributed by atoms with van der Waals surface area (Å²) in [5.41, 5.74) is 1.10. The van der Waals surface area contributed by atoms with Gasteiger partial charge in [-0.05, 0) is 17.7 Å². The number of aromatic hydroxyl groups is 1. The average molecular weight is 179 g/mol. The number of phenolic OH excluding ortho intramolecular Hbond substituents is 1. The first-order chi connectivity index (χ1) is 6.34. The van der Waals surface area contributed by atoms with Gasteiger partial charge in [0.2, 0.25) is 0 Å². The van der Waals surface area contributed by atoms with Gasteiger partial charge in [-0.25, -0.2) is 0 Å². The van der Waals surface area contributed by atoms with Crippen molar-refractivity contribution < 1.29 is 9.84 Å². The van der Waals surface area contributed by atoms with E-state index in [4.69, 9.17) is 4.74 Å². The van der Waals surface area contributed by atoms with Gasteiger partial charge in [-0.3, -0.25) is 5.32 Å². The molecule has 1 saturated heterocycles. The Bertz CT molecular complexity index is 282. The van der Waals surface area contributed by atoms with E-state index < -0.39 is 0 Å². The van der Waals surface area contributed by atoms with Crippen LogP contribution in [0.2, 0.25) is 0 Å². The average Bonchev–Trinajstić information content (AvgIpc) is 2.57. The zero-order valence-electron chi connectivity index (χ0n) is 7.36. The molecule has 13 heavy (non-hydrogen) atoms. The lowest BCUT2D eigenvalue weighted by Gasteiger charge is -2.09. The number of ether oxygens (including phenoxy) is 1. The van der Waals surface area contributed by atoms with E-state index in [1.54, 1.807) is 12.1 Å². The molecule has 1 heterocycles. The molecule has 0 bridgehead atoms. The molecule has 3 nitrogen and oxygen atoms in total. The summed E-state index contributed by atoms with van der Waals surface area (Å²) in [6.45, 7) is 1.70. The summed E-state index contributed by atoms with van der Waals surface area (Å²) >= 11 is 0. The molecule has 0 saturated carbocycles.